The highest BCUT2D eigenvalue weighted by molar-refractivity contribution is 5.99. The second-order valence-corrected chi connectivity index (χ2v) is 6.94. The zero-order chi connectivity index (χ0) is 18.5. The van der Waals surface area contributed by atoms with Gasteiger partial charge in [-0.15, -0.1) is 0 Å². The molecule has 1 fully saturated rings. The first-order chi connectivity index (χ1) is 12.5. The number of hydrogen-bond acceptors (Lipinski definition) is 3. The first kappa shape index (κ1) is 18.1. The number of hydrogen-bond donors (Lipinski definition) is 1. The van der Waals surface area contributed by atoms with Crippen molar-refractivity contribution < 1.29 is 9.59 Å². The van der Waals surface area contributed by atoms with Crippen LogP contribution in [-0.4, -0.2) is 37.4 Å². The van der Waals surface area contributed by atoms with Crippen molar-refractivity contribution in [2.24, 2.45) is 0 Å². The van der Waals surface area contributed by atoms with Crippen molar-refractivity contribution in [2.45, 2.75) is 25.9 Å². The standard InChI is InChI=1S/C21H25N3O2/c1-23(2)15-17-10-8-16(9-11-17)14-22-21(26)18-5-3-6-19(13-18)24-12-4-7-20(24)25/h3,5-6,8-11,13H,4,7,12,14-15H2,1-2H3,(H,22,26). The minimum Gasteiger partial charge on any atom is -0.348 e. The SMILES string of the molecule is CN(C)Cc1ccc(CNC(=O)c2cccc(N3CCCC3=O)c2)cc1. The van der Waals surface area contributed by atoms with Crippen LogP contribution in [0.3, 0.4) is 0 Å². The van der Waals surface area contributed by atoms with Crippen LogP contribution < -0.4 is 10.2 Å². The van der Waals surface area contributed by atoms with Crippen LogP contribution in [0.1, 0.15) is 34.3 Å². The summed E-state index contributed by atoms with van der Waals surface area (Å²) in [4.78, 5) is 28.2. The molecule has 2 aromatic rings. The van der Waals surface area contributed by atoms with Crippen molar-refractivity contribution in [2.75, 3.05) is 25.5 Å². The molecule has 0 saturated carbocycles. The van der Waals surface area contributed by atoms with E-state index in [1.165, 1.54) is 5.56 Å². The summed E-state index contributed by atoms with van der Waals surface area (Å²) in [5.74, 6) is -0.00349. The summed E-state index contributed by atoms with van der Waals surface area (Å²) in [7, 11) is 4.08. The molecule has 0 unspecified atom stereocenters. The van der Waals surface area contributed by atoms with E-state index in [-0.39, 0.29) is 11.8 Å². The minimum absolute atomic E-state index is 0.125. The Hall–Kier alpha value is -2.66. The molecule has 1 N–H and O–H groups in total. The largest absolute Gasteiger partial charge is 0.348 e. The predicted molar refractivity (Wildman–Crippen MR) is 103 cm³/mol. The van der Waals surface area contributed by atoms with Gasteiger partial charge in [0.25, 0.3) is 5.91 Å². The van der Waals surface area contributed by atoms with Crippen molar-refractivity contribution >= 4 is 17.5 Å². The number of nitrogens with one attached hydrogen (secondary N) is 1. The molecule has 2 amide bonds. The highest BCUT2D eigenvalue weighted by Gasteiger charge is 2.22. The molecule has 5 heteroatoms. The van der Waals surface area contributed by atoms with Crippen molar-refractivity contribution in [3.63, 3.8) is 0 Å². The maximum Gasteiger partial charge on any atom is 0.251 e. The van der Waals surface area contributed by atoms with E-state index in [2.05, 4.69) is 22.3 Å². The van der Waals surface area contributed by atoms with E-state index in [0.29, 0.717) is 18.5 Å². The van der Waals surface area contributed by atoms with E-state index in [1.807, 2.05) is 38.4 Å². The van der Waals surface area contributed by atoms with Crippen LogP contribution in [0.4, 0.5) is 5.69 Å². The summed E-state index contributed by atoms with van der Waals surface area (Å²) in [5.41, 5.74) is 3.68. The van der Waals surface area contributed by atoms with Gasteiger partial charge in [0.2, 0.25) is 5.91 Å². The van der Waals surface area contributed by atoms with E-state index in [1.54, 1.807) is 17.0 Å². The van der Waals surface area contributed by atoms with Crippen LogP contribution in [0.25, 0.3) is 0 Å². The Bertz CT molecular complexity index is 784. The van der Waals surface area contributed by atoms with Gasteiger partial charge >= 0.3 is 0 Å². The van der Waals surface area contributed by atoms with Crippen LogP contribution in [0.2, 0.25) is 0 Å². The molecule has 0 atom stereocenters. The average Bonchev–Trinajstić information content (AvgIpc) is 3.06. The van der Waals surface area contributed by atoms with E-state index >= 15 is 0 Å². The molecule has 2 aromatic carbocycles. The normalized spacial score (nSPS) is 14.1. The molecule has 0 aromatic heterocycles. The summed E-state index contributed by atoms with van der Waals surface area (Å²) in [6.07, 6.45) is 1.46. The number of rotatable bonds is 6. The van der Waals surface area contributed by atoms with Gasteiger partial charge in [0.05, 0.1) is 0 Å². The molecule has 26 heavy (non-hydrogen) atoms. The number of nitrogens with zero attached hydrogens (tertiary/aromatic N) is 2. The fourth-order valence-electron chi connectivity index (χ4n) is 3.15. The maximum atomic E-state index is 12.5. The summed E-state index contributed by atoms with van der Waals surface area (Å²) < 4.78 is 0. The Labute approximate surface area is 154 Å². The van der Waals surface area contributed by atoms with Gasteiger partial charge in [0.1, 0.15) is 0 Å². The van der Waals surface area contributed by atoms with Gasteiger partial charge in [-0.1, -0.05) is 30.3 Å². The molecule has 1 aliphatic rings. The molecule has 5 nitrogen and oxygen atoms in total. The molecule has 1 saturated heterocycles. The Kier molecular flexibility index (Phi) is 5.68. The molecule has 1 aliphatic heterocycles. The van der Waals surface area contributed by atoms with Gasteiger partial charge in [-0.2, -0.15) is 0 Å². The summed E-state index contributed by atoms with van der Waals surface area (Å²) in [6.45, 7) is 2.10. The lowest BCUT2D eigenvalue weighted by Crippen LogP contribution is -2.25. The number of carbonyl (C=O) groups excluding carboxylic acids is 2. The molecular formula is C21H25N3O2. The molecule has 0 radical (unpaired) electrons. The third-order valence-electron chi connectivity index (χ3n) is 4.47. The fraction of sp³-hybridized carbons (Fsp3) is 0.333. The van der Waals surface area contributed by atoms with Gasteiger partial charge in [0.15, 0.2) is 0 Å². The molecular weight excluding hydrogens is 326 g/mol. The third-order valence-corrected chi connectivity index (χ3v) is 4.47. The molecule has 0 aliphatic carbocycles. The lowest BCUT2D eigenvalue weighted by molar-refractivity contribution is -0.117. The summed E-state index contributed by atoms with van der Waals surface area (Å²) >= 11 is 0. The second-order valence-electron chi connectivity index (χ2n) is 6.94. The van der Waals surface area contributed by atoms with Crippen LogP contribution in [-0.2, 0) is 17.9 Å². The fourth-order valence-corrected chi connectivity index (χ4v) is 3.15. The first-order valence-corrected chi connectivity index (χ1v) is 8.94. The van der Waals surface area contributed by atoms with E-state index < -0.39 is 0 Å². The van der Waals surface area contributed by atoms with Gasteiger partial charge in [-0.25, -0.2) is 0 Å². The van der Waals surface area contributed by atoms with Gasteiger partial charge < -0.3 is 15.1 Å². The molecule has 0 bridgehead atoms. The average molecular weight is 351 g/mol. The Balaban J connectivity index is 1.60. The highest BCUT2D eigenvalue weighted by Crippen LogP contribution is 2.22. The van der Waals surface area contributed by atoms with Crippen molar-refractivity contribution in [3.8, 4) is 0 Å². The smallest absolute Gasteiger partial charge is 0.251 e. The summed E-state index contributed by atoms with van der Waals surface area (Å²) in [6, 6.07) is 15.5. The number of carbonyl (C=O) groups is 2. The third kappa shape index (κ3) is 4.49. The quantitative estimate of drug-likeness (QED) is 0.871. The minimum atomic E-state index is -0.129. The van der Waals surface area contributed by atoms with E-state index in [9.17, 15) is 9.59 Å². The molecule has 3 rings (SSSR count). The van der Waals surface area contributed by atoms with Crippen molar-refractivity contribution in [1.29, 1.82) is 0 Å². The van der Waals surface area contributed by atoms with E-state index in [0.717, 1.165) is 30.8 Å². The highest BCUT2D eigenvalue weighted by atomic mass is 16.2. The van der Waals surface area contributed by atoms with Gasteiger partial charge in [0, 0.05) is 37.3 Å². The topological polar surface area (TPSA) is 52.7 Å². The summed E-state index contributed by atoms with van der Waals surface area (Å²) in [5, 5.41) is 2.95. The Morgan fingerprint density at radius 1 is 1.12 bits per heavy atom. The van der Waals surface area contributed by atoms with Crippen molar-refractivity contribution in [1.82, 2.24) is 10.2 Å². The Morgan fingerprint density at radius 2 is 1.85 bits per heavy atom. The van der Waals surface area contributed by atoms with Crippen LogP contribution >= 0.6 is 0 Å². The second kappa shape index (κ2) is 8.15. The lowest BCUT2D eigenvalue weighted by Gasteiger charge is -2.16. The monoisotopic (exact) mass is 351 g/mol. The number of anilines is 1. The van der Waals surface area contributed by atoms with Crippen LogP contribution in [0.15, 0.2) is 48.5 Å². The predicted octanol–water partition coefficient (Wildman–Crippen LogP) is 2.81. The van der Waals surface area contributed by atoms with E-state index in [4.69, 9.17) is 0 Å². The maximum absolute atomic E-state index is 12.5. The lowest BCUT2D eigenvalue weighted by atomic mass is 10.1. The number of amides is 2. The molecule has 1 heterocycles. The molecule has 0 spiro atoms. The first-order valence-electron chi connectivity index (χ1n) is 8.94. The van der Waals surface area contributed by atoms with Crippen LogP contribution in [0, 0.1) is 0 Å². The zero-order valence-electron chi connectivity index (χ0n) is 15.4. The number of benzene rings is 2. The van der Waals surface area contributed by atoms with Gasteiger partial charge in [-0.05, 0) is 49.8 Å². The zero-order valence-corrected chi connectivity index (χ0v) is 15.4. The molecule has 136 valence electrons. The van der Waals surface area contributed by atoms with Gasteiger partial charge in [-0.3, -0.25) is 9.59 Å². The Morgan fingerprint density at radius 3 is 2.50 bits per heavy atom. The van der Waals surface area contributed by atoms with Crippen LogP contribution in [0.5, 0.6) is 0 Å². The van der Waals surface area contributed by atoms with Crippen molar-refractivity contribution in [3.05, 3.63) is 65.2 Å².